The molecule has 0 fully saturated rings. The van der Waals surface area contributed by atoms with Gasteiger partial charge in [-0.1, -0.05) is 29.8 Å². The van der Waals surface area contributed by atoms with Crippen LogP contribution in [0.25, 0.3) is 11.1 Å². The lowest BCUT2D eigenvalue weighted by atomic mass is 9.99. The summed E-state index contributed by atoms with van der Waals surface area (Å²) in [5, 5.41) is 13.3. The topological polar surface area (TPSA) is 55.1 Å². The fourth-order valence-electron chi connectivity index (χ4n) is 2.39. The molecule has 0 aliphatic rings. The number of hydrogen-bond donors (Lipinski definition) is 1. The van der Waals surface area contributed by atoms with Crippen LogP contribution in [-0.4, -0.2) is 20.9 Å². The van der Waals surface area contributed by atoms with E-state index in [0.29, 0.717) is 6.42 Å². The Balaban J connectivity index is 2.47. The van der Waals surface area contributed by atoms with E-state index >= 15 is 0 Å². The van der Waals surface area contributed by atoms with Crippen LogP contribution in [0, 0.1) is 13.8 Å². The Bertz CT molecular complexity index is 615. The molecule has 0 aliphatic carbocycles. The Morgan fingerprint density at radius 2 is 2.11 bits per heavy atom. The molecule has 4 nitrogen and oxygen atoms in total. The molecule has 4 heteroatoms. The van der Waals surface area contributed by atoms with E-state index in [-0.39, 0.29) is 6.42 Å². The van der Waals surface area contributed by atoms with Gasteiger partial charge in [0.2, 0.25) is 0 Å². The zero-order valence-electron chi connectivity index (χ0n) is 11.5. The van der Waals surface area contributed by atoms with E-state index in [1.165, 1.54) is 5.56 Å². The Morgan fingerprint density at radius 3 is 2.74 bits per heavy atom. The number of hydrogen-bond acceptors (Lipinski definition) is 2. The van der Waals surface area contributed by atoms with Crippen molar-refractivity contribution in [2.75, 3.05) is 0 Å². The SMILES string of the molecule is Cc1cccc(-c2c(C)nn(C)c2CCC(=O)O)c1. The highest BCUT2D eigenvalue weighted by atomic mass is 16.4. The van der Waals surface area contributed by atoms with E-state index in [2.05, 4.69) is 11.2 Å². The molecule has 1 aromatic carbocycles. The van der Waals surface area contributed by atoms with Gasteiger partial charge in [-0.3, -0.25) is 9.48 Å². The van der Waals surface area contributed by atoms with Crippen LogP contribution < -0.4 is 0 Å². The second-order valence-corrected chi connectivity index (χ2v) is 4.79. The van der Waals surface area contributed by atoms with Crippen molar-refractivity contribution < 1.29 is 9.90 Å². The average molecular weight is 258 g/mol. The standard InChI is InChI=1S/C15H18N2O2/c1-10-5-4-6-12(9-10)15-11(2)16-17(3)13(15)7-8-14(18)19/h4-6,9H,7-8H2,1-3H3,(H,18,19). The smallest absolute Gasteiger partial charge is 0.303 e. The highest BCUT2D eigenvalue weighted by Gasteiger charge is 2.15. The summed E-state index contributed by atoms with van der Waals surface area (Å²) < 4.78 is 1.79. The summed E-state index contributed by atoms with van der Waals surface area (Å²) in [7, 11) is 1.86. The van der Waals surface area contributed by atoms with Crippen molar-refractivity contribution >= 4 is 5.97 Å². The van der Waals surface area contributed by atoms with Gasteiger partial charge >= 0.3 is 5.97 Å². The van der Waals surface area contributed by atoms with Gasteiger partial charge in [0.25, 0.3) is 0 Å². The summed E-state index contributed by atoms with van der Waals surface area (Å²) in [6.07, 6.45) is 0.619. The van der Waals surface area contributed by atoms with Gasteiger partial charge in [0.1, 0.15) is 0 Å². The lowest BCUT2D eigenvalue weighted by Gasteiger charge is -2.06. The van der Waals surface area contributed by atoms with Crippen molar-refractivity contribution in [3.8, 4) is 11.1 Å². The number of carboxylic acids is 1. The first kappa shape index (κ1) is 13.3. The molecule has 0 unspecified atom stereocenters. The van der Waals surface area contributed by atoms with Crippen molar-refractivity contribution in [2.24, 2.45) is 7.05 Å². The highest BCUT2D eigenvalue weighted by Crippen LogP contribution is 2.28. The summed E-state index contributed by atoms with van der Waals surface area (Å²) in [5.74, 6) is -0.783. The van der Waals surface area contributed by atoms with Crippen molar-refractivity contribution in [2.45, 2.75) is 26.7 Å². The molecule has 0 saturated carbocycles. The van der Waals surface area contributed by atoms with Gasteiger partial charge in [0, 0.05) is 24.7 Å². The Labute approximate surface area is 112 Å². The first-order valence-electron chi connectivity index (χ1n) is 6.30. The Kier molecular flexibility index (Phi) is 3.69. The van der Waals surface area contributed by atoms with Crippen LogP contribution in [0.2, 0.25) is 0 Å². The van der Waals surface area contributed by atoms with Gasteiger partial charge in [0.15, 0.2) is 0 Å². The Morgan fingerprint density at radius 1 is 1.37 bits per heavy atom. The van der Waals surface area contributed by atoms with Gasteiger partial charge in [-0.05, 0) is 19.4 Å². The fourth-order valence-corrected chi connectivity index (χ4v) is 2.39. The molecule has 100 valence electrons. The largest absolute Gasteiger partial charge is 0.481 e. The number of carboxylic acid groups (broad SMARTS) is 1. The second kappa shape index (κ2) is 5.26. The third-order valence-electron chi connectivity index (χ3n) is 3.22. The molecule has 1 heterocycles. The van der Waals surface area contributed by atoms with Gasteiger partial charge in [0.05, 0.1) is 12.1 Å². The zero-order valence-corrected chi connectivity index (χ0v) is 11.5. The van der Waals surface area contributed by atoms with Gasteiger partial charge in [-0.25, -0.2) is 0 Å². The van der Waals surface area contributed by atoms with E-state index in [1.54, 1.807) is 4.68 Å². The third kappa shape index (κ3) is 2.84. The highest BCUT2D eigenvalue weighted by molar-refractivity contribution is 5.71. The maximum Gasteiger partial charge on any atom is 0.303 e. The van der Waals surface area contributed by atoms with Crippen LogP contribution in [0.4, 0.5) is 0 Å². The minimum Gasteiger partial charge on any atom is -0.481 e. The molecule has 19 heavy (non-hydrogen) atoms. The number of benzene rings is 1. The number of aromatic nitrogens is 2. The molecule has 1 N–H and O–H groups in total. The molecule has 0 saturated heterocycles. The van der Waals surface area contributed by atoms with E-state index in [0.717, 1.165) is 22.5 Å². The van der Waals surface area contributed by atoms with Gasteiger partial charge in [-0.2, -0.15) is 5.10 Å². The van der Waals surface area contributed by atoms with Crippen LogP contribution in [0.15, 0.2) is 24.3 Å². The second-order valence-electron chi connectivity index (χ2n) is 4.79. The monoisotopic (exact) mass is 258 g/mol. The maximum atomic E-state index is 10.8. The van der Waals surface area contributed by atoms with Crippen LogP contribution in [0.1, 0.15) is 23.4 Å². The number of aliphatic carboxylic acids is 1. The minimum atomic E-state index is -0.783. The number of rotatable bonds is 4. The molecular formula is C15H18N2O2. The molecule has 0 bridgehead atoms. The van der Waals surface area contributed by atoms with Crippen molar-refractivity contribution in [3.63, 3.8) is 0 Å². The predicted octanol–water partition coefficient (Wildman–Crippen LogP) is 2.72. The fraction of sp³-hybridized carbons (Fsp3) is 0.333. The van der Waals surface area contributed by atoms with Crippen LogP contribution in [0.5, 0.6) is 0 Å². The summed E-state index contributed by atoms with van der Waals surface area (Å²) in [6, 6.07) is 8.21. The molecule has 0 aliphatic heterocycles. The minimum absolute atomic E-state index is 0.123. The number of nitrogens with zero attached hydrogens (tertiary/aromatic N) is 2. The molecular weight excluding hydrogens is 240 g/mol. The lowest BCUT2D eigenvalue weighted by molar-refractivity contribution is -0.136. The summed E-state index contributed by atoms with van der Waals surface area (Å²) in [4.78, 5) is 10.8. The molecule has 2 rings (SSSR count). The van der Waals surface area contributed by atoms with Crippen molar-refractivity contribution in [1.82, 2.24) is 9.78 Å². The molecule has 1 aromatic heterocycles. The van der Waals surface area contributed by atoms with Crippen LogP contribution in [-0.2, 0) is 18.3 Å². The number of aryl methyl sites for hydroxylation is 3. The van der Waals surface area contributed by atoms with Gasteiger partial charge < -0.3 is 5.11 Å². The summed E-state index contributed by atoms with van der Waals surface area (Å²) in [6.45, 7) is 4.01. The lowest BCUT2D eigenvalue weighted by Crippen LogP contribution is -2.04. The molecule has 0 spiro atoms. The maximum absolute atomic E-state index is 10.8. The third-order valence-corrected chi connectivity index (χ3v) is 3.22. The van der Waals surface area contributed by atoms with E-state index in [9.17, 15) is 4.79 Å². The summed E-state index contributed by atoms with van der Waals surface area (Å²) in [5.41, 5.74) is 5.27. The molecule has 0 radical (unpaired) electrons. The van der Waals surface area contributed by atoms with Crippen molar-refractivity contribution in [3.05, 3.63) is 41.2 Å². The average Bonchev–Trinajstić information content (AvgIpc) is 2.61. The van der Waals surface area contributed by atoms with Gasteiger partial charge in [-0.15, -0.1) is 0 Å². The van der Waals surface area contributed by atoms with Crippen molar-refractivity contribution in [1.29, 1.82) is 0 Å². The molecule has 2 aromatic rings. The predicted molar refractivity (Wildman–Crippen MR) is 74.1 cm³/mol. The zero-order chi connectivity index (χ0) is 14.0. The Hall–Kier alpha value is -2.10. The first-order chi connectivity index (χ1) is 8.99. The van der Waals surface area contributed by atoms with E-state index in [1.807, 2.05) is 39.1 Å². The first-order valence-corrected chi connectivity index (χ1v) is 6.30. The quantitative estimate of drug-likeness (QED) is 0.917. The van der Waals surface area contributed by atoms with Crippen LogP contribution >= 0.6 is 0 Å². The molecule has 0 amide bonds. The normalized spacial score (nSPS) is 10.7. The summed E-state index contributed by atoms with van der Waals surface area (Å²) >= 11 is 0. The van der Waals surface area contributed by atoms with E-state index < -0.39 is 5.97 Å². The molecule has 0 atom stereocenters. The number of carbonyl (C=O) groups is 1. The van der Waals surface area contributed by atoms with E-state index in [4.69, 9.17) is 5.11 Å². The van der Waals surface area contributed by atoms with Crippen LogP contribution in [0.3, 0.4) is 0 Å².